The molecule has 30 heavy (non-hydrogen) atoms. The van der Waals surface area contributed by atoms with Gasteiger partial charge in [-0.25, -0.2) is 9.59 Å². The van der Waals surface area contributed by atoms with Crippen LogP contribution in [0.3, 0.4) is 0 Å². The first-order valence-corrected chi connectivity index (χ1v) is 9.24. The van der Waals surface area contributed by atoms with E-state index >= 15 is 0 Å². The highest BCUT2D eigenvalue weighted by Crippen LogP contribution is 2.41. The molecule has 2 aliphatic carbocycles. The van der Waals surface area contributed by atoms with Crippen LogP contribution in [0, 0.1) is 5.41 Å². The molecule has 0 heterocycles. The Labute approximate surface area is 172 Å². The van der Waals surface area contributed by atoms with E-state index in [1.54, 1.807) is 6.08 Å². The Morgan fingerprint density at radius 1 is 0.667 bits per heavy atom. The minimum atomic E-state index is -1.40. The van der Waals surface area contributed by atoms with Crippen LogP contribution in [0.15, 0.2) is 95.6 Å². The fraction of sp³-hybridized carbons (Fsp3) is 0. The molecular formula is C25H17NO4. The molecule has 5 heteroatoms. The van der Waals surface area contributed by atoms with Gasteiger partial charge in [0.15, 0.2) is 0 Å². The maximum Gasteiger partial charge on any atom is 0.338 e. The van der Waals surface area contributed by atoms with E-state index in [4.69, 9.17) is 15.6 Å². The quantitative estimate of drug-likeness (QED) is 0.580. The summed E-state index contributed by atoms with van der Waals surface area (Å²) in [7, 11) is 0. The zero-order valence-corrected chi connectivity index (χ0v) is 15.8. The Hall–Kier alpha value is -4.25. The maximum atomic E-state index is 11.2. The largest absolute Gasteiger partial charge is 0.478 e. The van der Waals surface area contributed by atoms with Crippen molar-refractivity contribution in [3.8, 4) is 0 Å². The van der Waals surface area contributed by atoms with E-state index in [2.05, 4.69) is 48.5 Å². The molecule has 0 aliphatic heterocycles. The van der Waals surface area contributed by atoms with Gasteiger partial charge in [-0.1, -0.05) is 72.8 Å². The molecule has 5 nitrogen and oxygen atoms in total. The van der Waals surface area contributed by atoms with Crippen molar-refractivity contribution >= 4 is 40.1 Å². The number of carbonyl (C=O) groups is 2. The lowest BCUT2D eigenvalue weighted by Crippen LogP contribution is -2.22. The highest BCUT2D eigenvalue weighted by Gasteiger charge is 2.34. The first kappa shape index (κ1) is 19.1. The first-order valence-electron chi connectivity index (χ1n) is 9.24. The number of fused-ring (bicyclic) bond motifs is 4. The molecule has 0 fully saturated rings. The Morgan fingerprint density at radius 3 is 1.73 bits per heavy atom. The number of carboxylic acids is 2. The molecule has 0 radical (unpaired) electrons. The topological polar surface area (TPSA) is 98.5 Å². The molecule has 0 aromatic heterocycles. The molecule has 0 unspecified atom stereocenters. The molecule has 5 rings (SSSR count). The van der Waals surface area contributed by atoms with Crippen molar-refractivity contribution < 1.29 is 19.8 Å². The van der Waals surface area contributed by atoms with Gasteiger partial charge in [0.1, 0.15) is 0 Å². The minimum absolute atomic E-state index is 0.261. The van der Waals surface area contributed by atoms with Crippen LogP contribution in [0.5, 0.6) is 0 Å². The Balaban J connectivity index is 0.000000181. The second kappa shape index (κ2) is 7.64. The number of hydrogen-bond donors (Lipinski definition) is 3. The summed E-state index contributed by atoms with van der Waals surface area (Å²) in [5, 5.41) is 28.9. The van der Waals surface area contributed by atoms with E-state index in [1.165, 1.54) is 16.8 Å². The lowest BCUT2D eigenvalue weighted by molar-refractivity contribution is -0.135. The molecule has 3 aromatic rings. The van der Waals surface area contributed by atoms with Crippen LogP contribution in [0.25, 0.3) is 22.4 Å². The predicted octanol–water partition coefficient (Wildman–Crippen LogP) is 4.81. The maximum absolute atomic E-state index is 11.2. The third-order valence-corrected chi connectivity index (χ3v) is 5.02. The van der Waals surface area contributed by atoms with Crippen molar-refractivity contribution in [3.63, 3.8) is 0 Å². The smallest absolute Gasteiger partial charge is 0.338 e. The molecule has 3 aromatic carbocycles. The zero-order chi connectivity index (χ0) is 21.3. The summed E-state index contributed by atoms with van der Waals surface area (Å²) in [6.45, 7) is 0. The minimum Gasteiger partial charge on any atom is -0.478 e. The number of aliphatic carboxylic acids is 2. The Morgan fingerprint density at radius 2 is 1.20 bits per heavy atom. The Bertz CT molecular complexity index is 1250. The summed E-state index contributed by atoms with van der Waals surface area (Å²) in [5.74, 6) is -2.75. The number of rotatable bonds is 2. The van der Waals surface area contributed by atoms with E-state index in [-0.39, 0.29) is 11.3 Å². The van der Waals surface area contributed by atoms with Gasteiger partial charge in [0, 0.05) is 5.57 Å². The zero-order valence-electron chi connectivity index (χ0n) is 15.8. The monoisotopic (exact) mass is 395 g/mol. The van der Waals surface area contributed by atoms with E-state index in [9.17, 15) is 9.59 Å². The van der Waals surface area contributed by atoms with Gasteiger partial charge in [-0.15, -0.1) is 0 Å². The first-order chi connectivity index (χ1) is 14.5. The standard InChI is InChI=1S/C15H9NO4.C10H8/c16-13-10-5-7-3-1-2-4-8(7)9(10)6-11(14(17)18)12(13)15(19)20;1-2-6-10-8-4-3-7-9(10)5-1/h1-6,16H,(H,17,18)(H,19,20);1-8H. The van der Waals surface area contributed by atoms with Gasteiger partial charge in [-0.05, 0) is 39.6 Å². The van der Waals surface area contributed by atoms with Gasteiger partial charge < -0.3 is 10.2 Å². The van der Waals surface area contributed by atoms with Crippen LogP contribution in [-0.2, 0) is 9.59 Å². The molecule has 0 saturated heterocycles. The molecule has 146 valence electrons. The van der Waals surface area contributed by atoms with Crippen LogP contribution >= 0.6 is 0 Å². The predicted molar refractivity (Wildman–Crippen MR) is 116 cm³/mol. The van der Waals surface area contributed by atoms with Gasteiger partial charge in [0.25, 0.3) is 0 Å². The average Bonchev–Trinajstić information content (AvgIpc) is 3.13. The summed E-state index contributed by atoms with van der Waals surface area (Å²) in [6.07, 6.45) is 3.05. The lowest BCUT2D eigenvalue weighted by Gasteiger charge is -2.17. The highest BCUT2D eigenvalue weighted by molar-refractivity contribution is 6.37. The molecule has 0 amide bonds. The Kier molecular flexibility index (Phi) is 4.86. The normalized spacial score (nSPS) is 14.2. The fourth-order valence-electron chi connectivity index (χ4n) is 3.62. The van der Waals surface area contributed by atoms with Crippen molar-refractivity contribution in [2.75, 3.05) is 0 Å². The van der Waals surface area contributed by atoms with Gasteiger partial charge in [-0.2, -0.15) is 0 Å². The van der Waals surface area contributed by atoms with Crippen LogP contribution in [0.2, 0.25) is 0 Å². The summed E-state index contributed by atoms with van der Waals surface area (Å²) in [6, 6.07) is 24.0. The summed E-state index contributed by atoms with van der Waals surface area (Å²) in [4.78, 5) is 22.5. The van der Waals surface area contributed by atoms with E-state index in [0.29, 0.717) is 11.1 Å². The number of carboxylic acid groups (broad SMARTS) is 2. The molecule has 0 bridgehead atoms. The average molecular weight is 395 g/mol. The van der Waals surface area contributed by atoms with Crippen LogP contribution in [0.1, 0.15) is 11.1 Å². The molecule has 0 spiro atoms. The van der Waals surface area contributed by atoms with Crippen molar-refractivity contribution in [2.24, 2.45) is 0 Å². The molecule has 0 saturated carbocycles. The summed E-state index contributed by atoms with van der Waals surface area (Å²) >= 11 is 0. The van der Waals surface area contributed by atoms with E-state index in [1.807, 2.05) is 24.3 Å². The van der Waals surface area contributed by atoms with Gasteiger partial charge in [0.05, 0.1) is 16.9 Å². The van der Waals surface area contributed by atoms with E-state index in [0.717, 1.165) is 11.1 Å². The molecular weight excluding hydrogens is 378 g/mol. The van der Waals surface area contributed by atoms with Crippen LogP contribution in [-0.4, -0.2) is 27.9 Å². The SMILES string of the molecule is N=C1C2=Cc3ccccc3C2=CC(C(=O)O)=C1C(=O)O.c1ccc2ccccc2c1. The van der Waals surface area contributed by atoms with Crippen LogP contribution < -0.4 is 0 Å². The molecule has 0 atom stereocenters. The van der Waals surface area contributed by atoms with Gasteiger partial charge in [0.2, 0.25) is 0 Å². The number of allylic oxidation sites excluding steroid dienone is 2. The van der Waals surface area contributed by atoms with Crippen molar-refractivity contribution in [1.29, 1.82) is 5.41 Å². The number of nitrogens with one attached hydrogen (secondary N) is 1. The third kappa shape index (κ3) is 3.33. The second-order valence-electron chi connectivity index (χ2n) is 6.82. The fourth-order valence-corrected chi connectivity index (χ4v) is 3.62. The van der Waals surface area contributed by atoms with E-state index < -0.39 is 17.5 Å². The molecule has 3 N–H and O–H groups in total. The number of benzene rings is 3. The van der Waals surface area contributed by atoms with Crippen molar-refractivity contribution in [1.82, 2.24) is 0 Å². The third-order valence-electron chi connectivity index (χ3n) is 5.02. The highest BCUT2D eigenvalue weighted by atomic mass is 16.4. The molecule has 2 aliphatic rings. The van der Waals surface area contributed by atoms with Gasteiger partial charge in [-0.3, -0.25) is 5.41 Å². The van der Waals surface area contributed by atoms with Crippen molar-refractivity contribution in [3.05, 3.63) is 107 Å². The van der Waals surface area contributed by atoms with Gasteiger partial charge >= 0.3 is 11.9 Å². The number of hydrogen-bond acceptors (Lipinski definition) is 3. The van der Waals surface area contributed by atoms with Crippen molar-refractivity contribution in [2.45, 2.75) is 0 Å². The van der Waals surface area contributed by atoms with Crippen LogP contribution in [0.4, 0.5) is 0 Å². The summed E-state index contributed by atoms with van der Waals surface area (Å²) < 4.78 is 0. The lowest BCUT2D eigenvalue weighted by atomic mass is 9.86. The second-order valence-corrected chi connectivity index (χ2v) is 6.82. The summed E-state index contributed by atoms with van der Waals surface area (Å²) in [5.41, 5.74) is 1.63.